The van der Waals surface area contributed by atoms with Gasteiger partial charge >= 0.3 is 0 Å². The van der Waals surface area contributed by atoms with Gasteiger partial charge in [0.1, 0.15) is 5.82 Å². The number of nitrogens with one attached hydrogen (secondary N) is 1. The van der Waals surface area contributed by atoms with Crippen molar-refractivity contribution in [3.8, 4) is 0 Å². The second kappa shape index (κ2) is 6.21. The van der Waals surface area contributed by atoms with Crippen molar-refractivity contribution >= 4 is 27.3 Å². The molecule has 0 unspecified atom stereocenters. The molecule has 96 valence electrons. The van der Waals surface area contributed by atoms with Crippen molar-refractivity contribution in [2.75, 3.05) is 16.4 Å². The molecule has 0 fully saturated rings. The minimum absolute atomic E-state index is 0.0240. The highest BCUT2D eigenvalue weighted by atomic mass is 35.5. The first kappa shape index (κ1) is 14.3. The Balaban J connectivity index is 2.66. The highest BCUT2D eigenvalue weighted by molar-refractivity contribution is 7.92. The summed E-state index contributed by atoms with van der Waals surface area (Å²) in [6, 6.07) is 4.11. The number of anilines is 1. The van der Waals surface area contributed by atoms with Gasteiger partial charge in [-0.25, -0.2) is 12.8 Å². The van der Waals surface area contributed by atoms with Crippen LogP contribution in [0.1, 0.15) is 18.4 Å². The molecule has 6 heteroatoms. The van der Waals surface area contributed by atoms with Crippen LogP contribution in [0.2, 0.25) is 0 Å². The summed E-state index contributed by atoms with van der Waals surface area (Å²) in [5, 5.41) is 0. The molecule has 0 saturated carbocycles. The summed E-state index contributed by atoms with van der Waals surface area (Å²) >= 11 is 5.47. The van der Waals surface area contributed by atoms with Gasteiger partial charge in [-0.3, -0.25) is 4.72 Å². The van der Waals surface area contributed by atoms with Crippen LogP contribution < -0.4 is 4.72 Å². The Morgan fingerprint density at radius 3 is 2.65 bits per heavy atom. The first-order valence-corrected chi connectivity index (χ1v) is 7.46. The molecule has 1 aromatic carbocycles. The van der Waals surface area contributed by atoms with Crippen molar-refractivity contribution in [2.24, 2.45) is 0 Å². The first-order valence-electron chi connectivity index (χ1n) is 5.27. The predicted octanol–water partition coefficient (Wildman–Crippen LogP) is 2.89. The number of unbranched alkanes of at least 4 members (excludes halogenated alkanes) is 1. The molecule has 0 bridgehead atoms. The van der Waals surface area contributed by atoms with Gasteiger partial charge < -0.3 is 0 Å². The number of hydrogen-bond acceptors (Lipinski definition) is 2. The van der Waals surface area contributed by atoms with E-state index in [0.717, 1.165) is 0 Å². The Morgan fingerprint density at radius 2 is 2.06 bits per heavy atom. The molecular formula is C11H15ClFNO2S. The maximum Gasteiger partial charge on any atom is 0.232 e. The smallest absolute Gasteiger partial charge is 0.232 e. The normalized spacial score (nSPS) is 11.5. The minimum Gasteiger partial charge on any atom is -0.284 e. The third kappa shape index (κ3) is 4.91. The molecule has 17 heavy (non-hydrogen) atoms. The van der Waals surface area contributed by atoms with Gasteiger partial charge in [0.05, 0.1) is 5.75 Å². The van der Waals surface area contributed by atoms with Gasteiger partial charge in [0.15, 0.2) is 0 Å². The Labute approximate surface area is 106 Å². The van der Waals surface area contributed by atoms with E-state index in [1.807, 2.05) is 0 Å². The zero-order chi connectivity index (χ0) is 12.9. The fourth-order valence-electron chi connectivity index (χ4n) is 1.33. The Bertz CT molecular complexity index is 476. The lowest BCUT2D eigenvalue weighted by molar-refractivity contribution is 0.597. The van der Waals surface area contributed by atoms with Gasteiger partial charge in [0.25, 0.3) is 0 Å². The van der Waals surface area contributed by atoms with E-state index in [4.69, 9.17) is 11.6 Å². The summed E-state index contributed by atoms with van der Waals surface area (Å²) in [6.07, 6.45) is 1.17. The number of halogens is 2. The molecule has 0 aliphatic rings. The summed E-state index contributed by atoms with van der Waals surface area (Å²) in [4.78, 5) is 0. The van der Waals surface area contributed by atoms with E-state index in [-0.39, 0.29) is 11.6 Å². The number of rotatable bonds is 6. The van der Waals surface area contributed by atoms with Crippen molar-refractivity contribution in [2.45, 2.75) is 19.8 Å². The molecular weight excluding hydrogens is 265 g/mol. The van der Waals surface area contributed by atoms with Crippen molar-refractivity contribution in [3.05, 3.63) is 29.6 Å². The molecule has 1 N–H and O–H groups in total. The van der Waals surface area contributed by atoms with E-state index in [9.17, 15) is 12.8 Å². The van der Waals surface area contributed by atoms with Crippen molar-refractivity contribution in [1.82, 2.24) is 0 Å². The molecule has 0 heterocycles. The molecule has 1 rings (SSSR count). The largest absolute Gasteiger partial charge is 0.284 e. The van der Waals surface area contributed by atoms with Crippen molar-refractivity contribution in [1.29, 1.82) is 0 Å². The molecule has 0 saturated heterocycles. The van der Waals surface area contributed by atoms with Crippen molar-refractivity contribution in [3.63, 3.8) is 0 Å². The molecule has 0 radical (unpaired) electrons. The molecule has 0 spiro atoms. The van der Waals surface area contributed by atoms with E-state index in [2.05, 4.69) is 4.72 Å². The van der Waals surface area contributed by atoms with E-state index in [0.29, 0.717) is 30.0 Å². The first-order chi connectivity index (χ1) is 7.94. The summed E-state index contributed by atoms with van der Waals surface area (Å²) in [5.74, 6) is 0.122. The fraction of sp³-hybridized carbons (Fsp3) is 0.455. The van der Waals surface area contributed by atoms with Crippen LogP contribution in [0.4, 0.5) is 10.1 Å². The highest BCUT2D eigenvalue weighted by Crippen LogP contribution is 2.15. The molecule has 0 aromatic heterocycles. The average molecular weight is 280 g/mol. The van der Waals surface area contributed by atoms with E-state index < -0.39 is 10.0 Å². The third-order valence-corrected chi connectivity index (χ3v) is 3.87. The number of aryl methyl sites for hydroxylation is 1. The maximum absolute atomic E-state index is 13.0. The monoisotopic (exact) mass is 279 g/mol. The zero-order valence-corrected chi connectivity index (χ0v) is 11.1. The molecule has 0 aliphatic heterocycles. The van der Waals surface area contributed by atoms with Gasteiger partial charge in [-0.2, -0.15) is 0 Å². The maximum atomic E-state index is 13.0. The molecule has 0 atom stereocenters. The van der Waals surface area contributed by atoms with E-state index >= 15 is 0 Å². The second-order valence-electron chi connectivity index (χ2n) is 3.78. The lowest BCUT2D eigenvalue weighted by Gasteiger charge is -2.08. The SMILES string of the molecule is Cc1cc(NS(=O)(=O)CCCCCl)ccc1F. The summed E-state index contributed by atoms with van der Waals surface area (Å²) in [7, 11) is -3.37. The minimum atomic E-state index is -3.37. The predicted molar refractivity (Wildman–Crippen MR) is 68.5 cm³/mol. The van der Waals surface area contributed by atoms with Crippen LogP contribution in [0, 0.1) is 12.7 Å². The van der Waals surface area contributed by atoms with E-state index in [1.165, 1.54) is 18.2 Å². The van der Waals surface area contributed by atoms with Crippen LogP contribution >= 0.6 is 11.6 Å². The number of hydrogen-bond donors (Lipinski definition) is 1. The Morgan fingerprint density at radius 1 is 1.35 bits per heavy atom. The van der Waals surface area contributed by atoms with Crippen LogP contribution in [0.3, 0.4) is 0 Å². The topological polar surface area (TPSA) is 46.2 Å². The van der Waals surface area contributed by atoms with Gasteiger partial charge in [-0.05, 0) is 43.5 Å². The fourth-order valence-corrected chi connectivity index (χ4v) is 2.69. The van der Waals surface area contributed by atoms with Crippen LogP contribution in [0.5, 0.6) is 0 Å². The standard InChI is InChI=1S/C11H15ClFNO2S/c1-9-8-10(4-5-11(9)13)14-17(15,16)7-3-2-6-12/h4-5,8,14H,2-3,6-7H2,1H3. The molecule has 1 aromatic rings. The average Bonchev–Trinajstić information content (AvgIpc) is 2.23. The van der Waals surface area contributed by atoms with Gasteiger partial charge in [0, 0.05) is 11.6 Å². The number of benzene rings is 1. The Hall–Kier alpha value is -0.810. The Kier molecular flexibility index (Phi) is 5.21. The lowest BCUT2D eigenvalue weighted by atomic mass is 10.2. The second-order valence-corrected chi connectivity index (χ2v) is 6.00. The molecule has 0 amide bonds. The number of sulfonamides is 1. The van der Waals surface area contributed by atoms with Crippen molar-refractivity contribution < 1.29 is 12.8 Å². The van der Waals surface area contributed by atoms with Gasteiger partial charge in [-0.1, -0.05) is 0 Å². The third-order valence-electron chi connectivity index (χ3n) is 2.23. The molecule has 0 aliphatic carbocycles. The summed E-state index contributed by atoms with van der Waals surface area (Å²) in [6.45, 7) is 1.58. The van der Waals surface area contributed by atoms with Gasteiger partial charge in [-0.15, -0.1) is 11.6 Å². The lowest BCUT2D eigenvalue weighted by Crippen LogP contribution is -2.16. The summed E-state index contributed by atoms with van der Waals surface area (Å²) in [5.41, 5.74) is 0.792. The van der Waals surface area contributed by atoms with Gasteiger partial charge in [0.2, 0.25) is 10.0 Å². The number of alkyl halides is 1. The highest BCUT2D eigenvalue weighted by Gasteiger charge is 2.10. The quantitative estimate of drug-likeness (QED) is 0.643. The van der Waals surface area contributed by atoms with Crippen LogP contribution in [-0.4, -0.2) is 20.1 Å². The molecule has 3 nitrogen and oxygen atoms in total. The zero-order valence-electron chi connectivity index (χ0n) is 9.54. The van der Waals surface area contributed by atoms with Crippen LogP contribution in [-0.2, 0) is 10.0 Å². The van der Waals surface area contributed by atoms with E-state index in [1.54, 1.807) is 6.92 Å². The van der Waals surface area contributed by atoms with Crippen LogP contribution in [0.15, 0.2) is 18.2 Å². The summed E-state index contributed by atoms with van der Waals surface area (Å²) < 4.78 is 38.6. The van der Waals surface area contributed by atoms with Crippen LogP contribution in [0.25, 0.3) is 0 Å².